The summed E-state index contributed by atoms with van der Waals surface area (Å²) < 4.78 is 24.4. The van der Waals surface area contributed by atoms with Crippen LogP contribution in [0.2, 0.25) is 0 Å². The van der Waals surface area contributed by atoms with E-state index in [9.17, 15) is 14.0 Å². The maximum Gasteiger partial charge on any atom is 0.317 e. The van der Waals surface area contributed by atoms with Crippen LogP contribution >= 0.6 is 0 Å². The zero-order valence-electron chi connectivity index (χ0n) is 13.5. The van der Waals surface area contributed by atoms with Crippen molar-refractivity contribution in [3.63, 3.8) is 0 Å². The van der Waals surface area contributed by atoms with Crippen LogP contribution in [0.4, 0.5) is 9.18 Å². The van der Waals surface area contributed by atoms with Gasteiger partial charge in [-0.05, 0) is 18.6 Å². The van der Waals surface area contributed by atoms with Gasteiger partial charge >= 0.3 is 6.03 Å². The van der Waals surface area contributed by atoms with Crippen LogP contribution in [-0.4, -0.2) is 55.3 Å². The van der Waals surface area contributed by atoms with E-state index >= 15 is 0 Å². The number of nitrogens with one attached hydrogen (secondary N) is 1. The number of carbonyl (C=O) groups excluding carboxylic acids is 2. The molecule has 0 aliphatic carbocycles. The standard InChI is InChI=1S/C16H22FN3O4/c1-2-11(24-13-6-4-3-5-12(13)17)9-19-16(22)20-7-8-23-14(10-20)15(18)21/h3-6,11,14H,2,7-10H2,1H3,(H2,18,21)(H,19,22)/t11-,14-/m1/s1. The minimum Gasteiger partial charge on any atom is -0.486 e. The summed E-state index contributed by atoms with van der Waals surface area (Å²) in [5, 5.41) is 2.73. The molecule has 0 unspecified atom stereocenters. The second-order valence-corrected chi connectivity index (χ2v) is 5.47. The number of carbonyl (C=O) groups is 2. The Labute approximate surface area is 139 Å². The molecule has 0 spiro atoms. The Bertz CT molecular complexity index is 584. The fraction of sp³-hybridized carbons (Fsp3) is 0.500. The van der Waals surface area contributed by atoms with Crippen LogP contribution in [0.1, 0.15) is 13.3 Å². The third-order valence-corrected chi connectivity index (χ3v) is 3.74. The van der Waals surface area contributed by atoms with Crippen LogP contribution < -0.4 is 15.8 Å². The Morgan fingerprint density at radius 1 is 1.50 bits per heavy atom. The molecule has 2 atom stereocenters. The minimum absolute atomic E-state index is 0.117. The number of primary amides is 1. The molecule has 3 amide bonds. The van der Waals surface area contributed by atoms with Crippen LogP contribution in [0.3, 0.4) is 0 Å². The lowest BCUT2D eigenvalue weighted by atomic mass is 10.2. The Balaban J connectivity index is 1.85. The van der Waals surface area contributed by atoms with E-state index in [-0.39, 0.29) is 37.6 Å². The van der Waals surface area contributed by atoms with E-state index in [0.29, 0.717) is 13.0 Å². The molecule has 0 radical (unpaired) electrons. The summed E-state index contributed by atoms with van der Waals surface area (Å²) >= 11 is 0. The van der Waals surface area contributed by atoms with E-state index in [1.165, 1.54) is 11.0 Å². The minimum atomic E-state index is -0.791. The van der Waals surface area contributed by atoms with Gasteiger partial charge in [-0.2, -0.15) is 0 Å². The third kappa shape index (κ3) is 4.82. The maximum atomic E-state index is 13.6. The number of amides is 3. The van der Waals surface area contributed by atoms with Crippen molar-refractivity contribution >= 4 is 11.9 Å². The fourth-order valence-corrected chi connectivity index (χ4v) is 2.31. The van der Waals surface area contributed by atoms with Gasteiger partial charge in [-0.1, -0.05) is 19.1 Å². The summed E-state index contributed by atoms with van der Waals surface area (Å²) in [7, 11) is 0. The van der Waals surface area contributed by atoms with Gasteiger partial charge in [-0.15, -0.1) is 0 Å². The van der Waals surface area contributed by atoms with Gasteiger partial charge in [0.1, 0.15) is 6.10 Å². The molecular formula is C16H22FN3O4. The zero-order valence-corrected chi connectivity index (χ0v) is 13.5. The number of ether oxygens (including phenoxy) is 2. The molecule has 2 rings (SSSR count). The van der Waals surface area contributed by atoms with Crippen molar-refractivity contribution in [1.29, 1.82) is 0 Å². The van der Waals surface area contributed by atoms with E-state index in [2.05, 4.69) is 5.32 Å². The number of hydrogen-bond donors (Lipinski definition) is 2. The monoisotopic (exact) mass is 339 g/mol. The Kier molecular flexibility index (Phi) is 6.36. The lowest BCUT2D eigenvalue weighted by molar-refractivity contribution is -0.133. The molecular weight excluding hydrogens is 317 g/mol. The van der Waals surface area contributed by atoms with Gasteiger partial charge in [0, 0.05) is 6.54 Å². The Hall–Kier alpha value is -2.35. The first kappa shape index (κ1) is 18.0. The molecule has 132 valence electrons. The summed E-state index contributed by atoms with van der Waals surface area (Å²) in [5.74, 6) is -0.889. The van der Waals surface area contributed by atoms with Crippen LogP contribution in [0.5, 0.6) is 5.75 Å². The summed E-state index contributed by atoms with van der Waals surface area (Å²) in [5.41, 5.74) is 5.20. The van der Waals surface area contributed by atoms with E-state index in [0.717, 1.165) is 0 Å². The molecule has 1 fully saturated rings. The van der Waals surface area contributed by atoms with Crippen molar-refractivity contribution in [1.82, 2.24) is 10.2 Å². The smallest absolute Gasteiger partial charge is 0.317 e. The van der Waals surface area contributed by atoms with Crippen LogP contribution in [0.15, 0.2) is 24.3 Å². The number of nitrogens with zero attached hydrogens (tertiary/aromatic N) is 1. The van der Waals surface area contributed by atoms with Crippen molar-refractivity contribution in [3.05, 3.63) is 30.1 Å². The van der Waals surface area contributed by atoms with Crippen molar-refractivity contribution < 1.29 is 23.5 Å². The highest BCUT2D eigenvalue weighted by molar-refractivity contribution is 5.81. The third-order valence-electron chi connectivity index (χ3n) is 3.74. The zero-order chi connectivity index (χ0) is 17.5. The molecule has 1 heterocycles. The number of hydrogen-bond acceptors (Lipinski definition) is 4. The van der Waals surface area contributed by atoms with E-state index in [1.807, 2.05) is 6.92 Å². The van der Waals surface area contributed by atoms with Gasteiger partial charge in [0.25, 0.3) is 0 Å². The molecule has 1 saturated heterocycles. The van der Waals surface area contributed by atoms with Gasteiger partial charge in [-0.3, -0.25) is 4.79 Å². The summed E-state index contributed by atoms with van der Waals surface area (Å²) in [6, 6.07) is 5.79. The maximum absolute atomic E-state index is 13.6. The molecule has 0 bridgehead atoms. The van der Waals surface area contributed by atoms with E-state index < -0.39 is 17.8 Å². The number of rotatable bonds is 6. The molecule has 24 heavy (non-hydrogen) atoms. The van der Waals surface area contributed by atoms with Gasteiger partial charge in [0.15, 0.2) is 17.7 Å². The van der Waals surface area contributed by atoms with Crippen molar-refractivity contribution in [3.8, 4) is 5.75 Å². The van der Waals surface area contributed by atoms with Crippen LogP contribution in [0, 0.1) is 5.82 Å². The predicted octanol–water partition coefficient (Wildman–Crippen LogP) is 0.879. The van der Waals surface area contributed by atoms with Gasteiger partial charge in [0.2, 0.25) is 5.91 Å². The van der Waals surface area contributed by atoms with Crippen molar-refractivity contribution in [2.45, 2.75) is 25.6 Å². The highest BCUT2D eigenvalue weighted by Crippen LogP contribution is 2.17. The average Bonchev–Trinajstić information content (AvgIpc) is 2.60. The number of morpholine rings is 1. The number of para-hydroxylation sites is 1. The lowest BCUT2D eigenvalue weighted by Gasteiger charge is -2.31. The predicted molar refractivity (Wildman–Crippen MR) is 85.0 cm³/mol. The first-order chi connectivity index (χ1) is 11.5. The first-order valence-corrected chi connectivity index (χ1v) is 7.86. The van der Waals surface area contributed by atoms with Gasteiger partial charge in [-0.25, -0.2) is 9.18 Å². The Morgan fingerprint density at radius 2 is 2.25 bits per heavy atom. The highest BCUT2D eigenvalue weighted by atomic mass is 19.1. The highest BCUT2D eigenvalue weighted by Gasteiger charge is 2.28. The molecule has 0 saturated carbocycles. The number of halogens is 1. The molecule has 0 aromatic heterocycles. The van der Waals surface area contributed by atoms with Gasteiger partial charge in [0.05, 0.1) is 19.7 Å². The fourth-order valence-electron chi connectivity index (χ4n) is 2.31. The summed E-state index contributed by atoms with van der Waals surface area (Å²) in [4.78, 5) is 24.8. The second-order valence-electron chi connectivity index (χ2n) is 5.47. The van der Waals surface area contributed by atoms with Crippen LogP contribution in [0.25, 0.3) is 0 Å². The molecule has 1 aliphatic rings. The van der Waals surface area contributed by atoms with Crippen molar-refractivity contribution in [2.24, 2.45) is 5.73 Å². The molecule has 1 aromatic rings. The number of urea groups is 1. The normalized spacial score (nSPS) is 18.8. The SMILES string of the molecule is CC[C@H](CNC(=O)N1CCO[C@@H](C(N)=O)C1)Oc1ccccc1F. The molecule has 8 heteroatoms. The second kappa shape index (κ2) is 8.49. The molecule has 1 aromatic carbocycles. The van der Waals surface area contributed by atoms with Crippen molar-refractivity contribution in [2.75, 3.05) is 26.2 Å². The van der Waals surface area contributed by atoms with Gasteiger partial charge < -0.3 is 25.4 Å². The Morgan fingerprint density at radius 3 is 2.92 bits per heavy atom. The summed E-state index contributed by atoms with van der Waals surface area (Å²) in [6.07, 6.45) is -0.554. The lowest BCUT2D eigenvalue weighted by Crippen LogP contribution is -2.54. The number of nitrogens with two attached hydrogens (primary N) is 1. The topological polar surface area (TPSA) is 93.9 Å². The quantitative estimate of drug-likeness (QED) is 0.804. The number of benzene rings is 1. The van der Waals surface area contributed by atoms with E-state index in [4.69, 9.17) is 15.2 Å². The molecule has 3 N–H and O–H groups in total. The van der Waals surface area contributed by atoms with E-state index in [1.54, 1.807) is 18.2 Å². The average molecular weight is 339 g/mol. The largest absolute Gasteiger partial charge is 0.486 e. The molecule has 7 nitrogen and oxygen atoms in total. The summed E-state index contributed by atoms with van der Waals surface area (Å²) in [6.45, 7) is 2.86. The molecule has 1 aliphatic heterocycles. The first-order valence-electron chi connectivity index (χ1n) is 7.86. The van der Waals surface area contributed by atoms with Crippen LogP contribution in [-0.2, 0) is 9.53 Å².